The summed E-state index contributed by atoms with van der Waals surface area (Å²) in [5.41, 5.74) is 3.73. The molecule has 3 heterocycles. The third-order valence-electron chi connectivity index (χ3n) is 6.12. The smallest absolute Gasteiger partial charge is 0.254 e. The van der Waals surface area contributed by atoms with E-state index in [0.717, 1.165) is 11.3 Å². The Bertz CT molecular complexity index is 1280. The number of rotatable bonds is 4. The maximum atomic E-state index is 13.7. The number of aromatic nitrogens is 1. The van der Waals surface area contributed by atoms with Crippen molar-refractivity contribution < 1.29 is 14.0 Å². The lowest BCUT2D eigenvalue weighted by Gasteiger charge is -2.36. The predicted octanol–water partition coefficient (Wildman–Crippen LogP) is 5.28. The van der Waals surface area contributed by atoms with Gasteiger partial charge in [-0.15, -0.1) is 11.3 Å². The third kappa shape index (κ3) is 4.12. The summed E-state index contributed by atoms with van der Waals surface area (Å²) in [6, 6.07) is 13.5. The number of dihydropyridines is 1. The molecule has 0 fully saturated rings. The van der Waals surface area contributed by atoms with Gasteiger partial charge in [0, 0.05) is 63.8 Å². The molecule has 1 aliphatic carbocycles. The first kappa shape index (κ1) is 21.3. The molecule has 7 heteroatoms. The molecule has 2 unspecified atom stereocenters. The molecule has 33 heavy (non-hydrogen) atoms. The SMILES string of the molecule is CC1=C(C(=O)Nc2cccc(F)c2)C(c2cccnc2)C2=C(CC(c3cccs3)CC2=O)N1. The molecular weight excluding hydrogens is 437 g/mol. The van der Waals surface area contributed by atoms with E-state index in [1.807, 2.05) is 24.4 Å². The molecule has 1 aromatic carbocycles. The number of nitrogens with zero attached hydrogens (tertiary/aromatic N) is 1. The molecule has 0 bridgehead atoms. The van der Waals surface area contributed by atoms with Crippen LogP contribution >= 0.6 is 11.3 Å². The highest BCUT2D eigenvalue weighted by molar-refractivity contribution is 7.10. The molecule has 0 saturated heterocycles. The van der Waals surface area contributed by atoms with Crippen LogP contribution in [-0.2, 0) is 9.59 Å². The van der Waals surface area contributed by atoms with Crippen LogP contribution in [0, 0.1) is 5.82 Å². The maximum absolute atomic E-state index is 13.7. The summed E-state index contributed by atoms with van der Waals surface area (Å²) < 4.78 is 13.7. The monoisotopic (exact) mass is 459 g/mol. The first-order chi connectivity index (χ1) is 16.0. The first-order valence-electron chi connectivity index (χ1n) is 10.8. The van der Waals surface area contributed by atoms with Crippen LogP contribution in [0.3, 0.4) is 0 Å². The van der Waals surface area contributed by atoms with Gasteiger partial charge in [0.25, 0.3) is 5.91 Å². The molecule has 2 atom stereocenters. The van der Waals surface area contributed by atoms with Crippen LogP contribution in [-0.4, -0.2) is 16.7 Å². The van der Waals surface area contributed by atoms with Crippen molar-refractivity contribution in [2.75, 3.05) is 5.32 Å². The average molecular weight is 460 g/mol. The van der Waals surface area contributed by atoms with E-state index in [9.17, 15) is 14.0 Å². The Labute approximate surface area is 195 Å². The Balaban J connectivity index is 1.55. The van der Waals surface area contributed by atoms with E-state index in [-0.39, 0.29) is 17.6 Å². The fourth-order valence-electron chi connectivity index (χ4n) is 4.71. The highest BCUT2D eigenvalue weighted by Gasteiger charge is 2.41. The third-order valence-corrected chi connectivity index (χ3v) is 7.15. The van der Waals surface area contributed by atoms with E-state index in [1.54, 1.807) is 41.9 Å². The number of hydrogen-bond acceptors (Lipinski definition) is 5. The molecule has 5 rings (SSSR count). The number of ketones is 1. The summed E-state index contributed by atoms with van der Waals surface area (Å²) in [6.07, 6.45) is 4.46. The van der Waals surface area contributed by atoms with Crippen molar-refractivity contribution in [3.63, 3.8) is 0 Å². The number of halogens is 1. The molecule has 2 N–H and O–H groups in total. The van der Waals surface area contributed by atoms with Crippen LogP contribution in [0.2, 0.25) is 0 Å². The van der Waals surface area contributed by atoms with Gasteiger partial charge in [0.05, 0.1) is 0 Å². The topological polar surface area (TPSA) is 71.1 Å². The van der Waals surface area contributed by atoms with Crippen LogP contribution in [0.1, 0.15) is 42.0 Å². The molecule has 1 aliphatic heterocycles. The molecule has 0 radical (unpaired) electrons. The van der Waals surface area contributed by atoms with Crippen LogP contribution in [0.25, 0.3) is 0 Å². The van der Waals surface area contributed by atoms with Crippen LogP contribution in [0.5, 0.6) is 0 Å². The summed E-state index contributed by atoms with van der Waals surface area (Å²) in [7, 11) is 0. The van der Waals surface area contributed by atoms with E-state index < -0.39 is 11.7 Å². The van der Waals surface area contributed by atoms with Crippen molar-refractivity contribution in [3.05, 3.63) is 105 Å². The maximum Gasteiger partial charge on any atom is 0.254 e. The van der Waals surface area contributed by atoms with E-state index in [2.05, 4.69) is 21.7 Å². The van der Waals surface area contributed by atoms with Crippen molar-refractivity contribution in [2.24, 2.45) is 0 Å². The summed E-state index contributed by atoms with van der Waals surface area (Å²) in [4.78, 5) is 32.3. The summed E-state index contributed by atoms with van der Waals surface area (Å²) in [5, 5.41) is 8.18. The Hall–Kier alpha value is -3.58. The average Bonchev–Trinajstić information content (AvgIpc) is 3.33. The van der Waals surface area contributed by atoms with Crippen LogP contribution in [0.15, 0.2) is 88.8 Å². The van der Waals surface area contributed by atoms with Crippen molar-refractivity contribution >= 4 is 28.7 Å². The fourth-order valence-corrected chi connectivity index (χ4v) is 5.54. The largest absolute Gasteiger partial charge is 0.362 e. The van der Waals surface area contributed by atoms with Gasteiger partial charge in [0.15, 0.2) is 5.78 Å². The number of pyridine rings is 1. The second-order valence-corrected chi connectivity index (χ2v) is 9.26. The zero-order chi connectivity index (χ0) is 22.9. The van der Waals surface area contributed by atoms with Crippen LogP contribution < -0.4 is 10.6 Å². The van der Waals surface area contributed by atoms with Gasteiger partial charge in [0.2, 0.25) is 0 Å². The number of thiophene rings is 1. The van der Waals surface area contributed by atoms with E-state index >= 15 is 0 Å². The van der Waals surface area contributed by atoms with Crippen molar-refractivity contribution in [1.82, 2.24) is 10.3 Å². The number of nitrogens with one attached hydrogen (secondary N) is 2. The number of carbonyl (C=O) groups excluding carboxylic acids is 2. The van der Waals surface area contributed by atoms with Gasteiger partial charge in [-0.25, -0.2) is 4.39 Å². The van der Waals surface area contributed by atoms with E-state index in [4.69, 9.17) is 0 Å². The van der Waals surface area contributed by atoms with E-state index in [0.29, 0.717) is 35.4 Å². The number of anilines is 1. The molecule has 166 valence electrons. The lowest BCUT2D eigenvalue weighted by molar-refractivity contribution is -0.116. The Morgan fingerprint density at radius 3 is 2.79 bits per heavy atom. The highest BCUT2D eigenvalue weighted by atomic mass is 32.1. The second kappa shape index (κ2) is 8.75. The molecule has 5 nitrogen and oxygen atoms in total. The molecule has 1 amide bonds. The Kier molecular flexibility index (Phi) is 5.64. The van der Waals surface area contributed by atoms with Crippen molar-refractivity contribution in [2.45, 2.75) is 31.6 Å². The lowest BCUT2D eigenvalue weighted by Crippen LogP contribution is -2.37. The van der Waals surface area contributed by atoms with E-state index in [1.165, 1.54) is 17.0 Å². The van der Waals surface area contributed by atoms with Crippen molar-refractivity contribution in [3.8, 4) is 0 Å². The summed E-state index contributed by atoms with van der Waals surface area (Å²) in [6.45, 7) is 1.84. The standard InChI is InChI=1S/C26H22FN3O2S/c1-15-23(26(32)30-19-7-2-6-18(27)13-19)24(16-5-3-9-28-14-16)25-20(29-15)11-17(12-21(25)31)22-8-4-10-33-22/h2-10,13-14,17,24,29H,11-12H2,1H3,(H,30,32). The number of hydrogen-bond donors (Lipinski definition) is 2. The molecule has 2 aromatic heterocycles. The Morgan fingerprint density at radius 1 is 1.18 bits per heavy atom. The van der Waals surface area contributed by atoms with Crippen LogP contribution in [0.4, 0.5) is 10.1 Å². The minimum Gasteiger partial charge on any atom is -0.362 e. The second-order valence-electron chi connectivity index (χ2n) is 8.28. The number of benzene rings is 1. The first-order valence-corrected chi connectivity index (χ1v) is 11.6. The normalized spacial score (nSPS) is 20.4. The van der Waals surface area contributed by atoms with Crippen molar-refractivity contribution in [1.29, 1.82) is 0 Å². The summed E-state index contributed by atoms with van der Waals surface area (Å²) >= 11 is 1.66. The quantitative estimate of drug-likeness (QED) is 0.557. The van der Waals surface area contributed by atoms with Gasteiger partial charge in [-0.1, -0.05) is 18.2 Å². The molecule has 0 saturated carbocycles. The Morgan fingerprint density at radius 2 is 2.06 bits per heavy atom. The fraction of sp³-hybridized carbons (Fsp3) is 0.192. The minimum absolute atomic E-state index is 0.0274. The summed E-state index contributed by atoms with van der Waals surface area (Å²) in [5.74, 6) is -1.20. The zero-order valence-corrected chi connectivity index (χ0v) is 18.8. The number of Topliss-reactive ketones (excluding diaryl/α,β-unsaturated/α-hetero) is 1. The number of allylic oxidation sites excluding steroid dienone is 3. The van der Waals surface area contributed by atoms with Gasteiger partial charge >= 0.3 is 0 Å². The molecular formula is C26H22FN3O2S. The molecule has 0 spiro atoms. The van der Waals surface area contributed by atoms with Gasteiger partial charge in [0.1, 0.15) is 5.82 Å². The minimum atomic E-state index is -0.541. The zero-order valence-electron chi connectivity index (χ0n) is 18.0. The van der Waals surface area contributed by atoms with Gasteiger partial charge < -0.3 is 10.6 Å². The predicted molar refractivity (Wildman–Crippen MR) is 126 cm³/mol. The lowest BCUT2D eigenvalue weighted by atomic mass is 9.73. The highest BCUT2D eigenvalue weighted by Crippen LogP contribution is 2.46. The molecule has 3 aromatic rings. The van der Waals surface area contributed by atoms with Gasteiger partial charge in [-0.2, -0.15) is 0 Å². The number of carbonyl (C=O) groups is 2. The van der Waals surface area contributed by atoms with Gasteiger partial charge in [-0.05, 0) is 54.6 Å². The molecule has 2 aliphatic rings. The number of amides is 1. The van der Waals surface area contributed by atoms with Gasteiger partial charge in [-0.3, -0.25) is 14.6 Å².